The summed E-state index contributed by atoms with van der Waals surface area (Å²) in [5.74, 6) is -1.93. The van der Waals surface area contributed by atoms with Crippen molar-refractivity contribution in [2.24, 2.45) is 0 Å². The molecular formula is C15H18F3NO7S. The van der Waals surface area contributed by atoms with E-state index in [-0.39, 0.29) is 13.0 Å². The molecule has 1 rings (SSSR count). The van der Waals surface area contributed by atoms with Crippen LogP contribution in [-0.4, -0.2) is 43.7 Å². The van der Waals surface area contributed by atoms with Crippen molar-refractivity contribution in [1.29, 1.82) is 0 Å². The molecule has 0 bridgehead atoms. The van der Waals surface area contributed by atoms with Gasteiger partial charge in [0.1, 0.15) is 11.8 Å². The molecule has 0 fully saturated rings. The topological polar surface area (TPSA) is 119 Å². The number of benzene rings is 1. The highest BCUT2D eigenvalue weighted by atomic mass is 32.2. The van der Waals surface area contributed by atoms with Crippen molar-refractivity contribution in [3.05, 3.63) is 29.8 Å². The number of halogens is 3. The summed E-state index contributed by atoms with van der Waals surface area (Å²) >= 11 is 0. The lowest BCUT2D eigenvalue weighted by Gasteiger charge is -2.15. The molecule has 0 aromatic heterocycles. The maximum atomic E-state index is 12.3. The van der Waals surface area contributed by atoms with Crippen LogP contribution in [0.4, 0.5) is 18.0 Å². The first kappa shape index (κ1) is 22.5. The number of carbonyl (C=O) groups is 2. The van der Waals surface area contributed by atoms with Gasteiger partial charge in [-0.05, 0) is 24.1 Å². The zero-order chi connectivity index (χ0) is 20.7. The Morgan fingerprint density at radius 1 is 1.22 bits per heavy atom. The van der Waals surface area contributed by atoms with Crippen LogP contribution in [0.25, 0.3) is 0 Å². The predicted octanol–water partition coefficient (Wildman–Crippen LogP) is 2.44. The van der Waals surface area contributed by atoms with Crippen LogP contribution in [0, 0.1) is 0 Å². The van der Waals surface area contributed by atoms with Crippen molar-refractivity contribution in [2.75, 3.05) is 6.61 Å². The molecule has 8 nitrogen and oxygen atoms in total. The van der Waals surface area contributed by atoms with E-state index in [9.17, 15) is 31.2 Å². The molecule has 2 N–H and O–H groups in total. The van der Waals surface area contributed by atoms with E-state index in [1.165, 1.54) is 12.1 Å². The number of carboxylic acids is 1. The van der Waals surface area contributed by atoms with Gasteiger partial charge in [0.2, 0.25) is 0 Å². The molecule has 0 saturated heterocycles. The second-order valence-electron chi connectivity index (χ2n) is 5.36. The fraction of sp³-hybridized carbons (Fsp3) is 0.467. The van der Waals surface area contributed by atoms with E-state index < -0.39 is 39.5 Å². The van der Waals surface area contributed by atoms with Crippen LogP contribution in [0.5, 0.6) is 5.75 Å². The van der Waals surface area contributed by atoms with E-state index in [1.807, 2.05) is 6.92 Å². The third-order valence-electron chi connectivity index (χ3n) is 3.17. The Balaban J connectivity index is 2.73. The van der Waals surface area contributed by atoms with Gasteiger partial charge in [0, 0.05) is 6.42 Å². The molecule has 1 atom stereocenters. The quantitative estimate of drug-likeness (QED) is 0.363. The minimum atomic E-state index is -5.79. The van der Waals surface area contributed by atoms with E-state index in [2.05, 4.69) is 9.50 Å². The van der Waals surface area contributed by atoms with E-state index in [1.54, 1.807) is 0 Å². The lowest BCUT2D eigenvalue weighted by Crippen LogP contribution is -2.42. The molecule has 27 heavy (non-hydrogen) atoms. The number of hydrogen-bond donors (Lipinski definition) is 2. The van der Waals surface area contributed by atoms with Gasteiger partial charge in [0.05, 0.1) is 6.61 Å². The van der Waals surface area contributed by atoms with Gasteiger partial charge in [-0.15, -0.1) is 0 Å². The van der Waals surface area contributed by atoms with Gasteiger partial charge in [-0.3, -0.25) is 0 Å². The SMILES string of the molecule is CCCCOC(=O)NC(Cc1ccc(OS(=O)(=O)C(F)(F)F)cc1)C(=O)O. The maximum absolute atomic E-state index is 12.3. The Morgan fingerprint density at radius 2 is 1.81 bits per heavy atom. The summed E-state index contributed by atoms with van der Waals surface area (Å²) < 4.78 is 67.4. The molecule has 0 heterocycles. The summed E-state index contributed by atoms with van der Waals surface area (Å²) in [4.78, 5) is 22.8. The van der Waals surface area contributed by atoms with E-state index in [0.29, 0.717) is 12.0 Å². The zero-order valence-electron chi connectivity index (χ0n) is 14.2. The lowest BCUT2D eigenvalue weighted by molar-refractivity contribution is -0.139. The van der Waals surface area contributed by atoms with Crippen LogP contribution in [0.1, 0.15) is 25.3 Å². The van der Waals surface area contributed by atoms with Crippen molar-refractivity contribution < 1.29 is 45.2 Å². The van der Waals surface area contributed by atoms with Gasteiger partial charge in [0.25, 0.3) is 0 Å². The van der Waals surface area contributed by atoms with Crippen LogP contribution in [0.15, 0.2) is 24.3 Å². The molecule has 0 aliphatic rings. The van der Waals surface area contributed by atoms with Gasteiger partial charge >= 0.3 is 27.7 Å². The Kier molecular flexibility index (Phi) is 7.88. The third kappa shape index (κ3) is 7.33. The standard InChI is InChI=1S/C15H18F3NO7S/c1-2-3-8-25-14(22)19-12(13(20)21)9-10-4-6-11(7-5-10)26-27(23,24)15(16,17)18/h4-7,12H,2-3,8-9H2,1H3,(H,19,22)(H,20,21). The minimum Gasteiger partial charge on any atom is -0.480 e. The van der Waals surface area contributed by atoms with Crippen molar-refractivity contribution in [2.45, 2.75) is 37.7 Å². The minimum absolute atomic E-state index is 0.133. The number of amides is 1. The summed E-state index contributed by atoms with van der Waals surface area (Å²) in [6.07, 6.45) is 0.290. The van der Waals surface area contributed by atoms with Crippen molar-refractivity contribution in [3.63, 3.8) is 0 Å². The van der Waals surface area contributed by atoms with Gasteiger partial charge in [0.15, 0.2) is 0 Å². The first-order valence-electron chi connectivity index (χ1n) is 7.72. The molecule has 0 saturated carbocycles. The monoisotopic (exact) mass is 413 g/mol. The fourth-order valence-corrected chi connectivity index (χ4v) is 2.24. The second-order valence-corrected chi connectivity index (χ2v) is 6.89. The van der Waals surface area contributed by atoms with Crippen LogP contribution in [0.3, 0.4) is 0 Å². The maximum Gasteiger partial charge on any atom is 0.534 e. The average Bonchev–Trinajstić information content (AvgIpc) is 2.54. The van der Waals surface area contributed by atoms with Crippen LogP contribution in [-0.2, 0) is 26.1 Å². The normalized spacial score (nSPS) is 12.9. The molecule has 0 spiro atoms. The van der Waals surface area contributed by atoms with Gasteiger partial charge in [-0.25, -0.2) is 9.59 Å². The number of unbranched alkanes of at least 4 members (excludes halogenated alkanes) is 1. The predicted molar refractivity (Wildman–Crippen MR) is 86.6 cm³/mol. The number of carboxylic acid groups (broad SMARTS) is 1. The molecule has 0 aliphatic carbocycles. The number of ether oxygens (including phenoxy) is 1. The van der Waals surface area contributed by atoms with E-state index >= 15 is 0 Å². The first-order valence-corrected chi connectivity index (χ1v) is 9.13. The smallest absolute Gasteiger partial charge is 0.480 e. The number of hydrogen-bond acceptors (Lipinski definition) is 6. The Labute approximate surface area is 153 Å². The molecule has 152 valence electrons. The average molecular weight is 413 g/mol. The van der Waals surface area contributed by atoms with E-state index in [0.717, 1.165) is 18.6 Å². The third-order valence-corrected chi connectivity index (χ3v) is 4.15. The summed E-state index contributed by atoms with van der Waals surface area (Å²) in [7, 11) is -5.79. The molecule has 12 heteroatoms. The Morgan fingerprint density at radius 3 is 2.30 bits per heavy atom. The molecule has 1 aromatic carbocycles. The van der Waals surface area contributed by atoms with Gasteiger partial charge in [-0.2, -0.15) is 21.6 Å². The second kappa shape index (κ2) is 9.44. The van der Waals surface area contributed by atoms with Crippen LogP contribution in [0.2, 0.25) is 0 Å². The molecule has 0 radical (unpaired) electrons. The highest BCUT2D eigenvalue weighted by molar-refractivity contribution is 7.88. The van der Waals surface area contributed by atoms with Crippen molar-refractivity contribution in [3.8, 4) is 5.75 Å². The van der Waals surface area contributed by atoms with Crippen molar-refractivity contribution in [1.82, 2.24) is 5.32 Å². The summed E-state index contributed by atoms with van der Waals surface area (Å²) in [5, 5.41) is 11.3. The Hall–Kier alpha value is -2.50. The van der Waals surface area contributed by atoms with Gasteiger partial charge < -0.3 is 19.3 Å². The highest BCUT2D eigenvalue weighted by Crippen LogP contribution is 2.27. The fourth-order valence-electron chi connectivity index (χ4n) is 1.78. The number of carbonyl (C=O) groups excluding carboxylic acids is 1. The van der Waals surface area contributed by atoms with Crippen LogP contribution >= 0.6 is 0 Å². The number of aliphatic carboxylic acids is 1. The molecule has 0 aliphatic heterocycles. The number of rotatable bonds is 9. The first-order chi connectivity index (χ1) is 12.5. The molecule has 1 aromatic rings. The van der Waals surface area contributed by atoms with Crippen molar-refractivity contribution >= 4 is 22.2 Å². The number of alkyl halides is 3. The summed E-state index contributed by atoms with van der Waals surface area (Å²) in [6.45, 7) is 2.02. The number of alkyl carbamates (subject to hydrolysis) is 1. The Bertz CT molecular complexity index is 748. The summed E-state index contributed by atoms with van der Waals surface area (Å²) in [5.41, 5.74) is -5.25. The molecular weight excluding hydrogens is 395 g/mol. The molecule has 1 unspecified atom stereocenters. The lowest BCUT2D eigenvalue weighted by atomic mass is 10.1. The highest BCUT2D eigenvalue weighted by Gasteiger charge is 2.48. The van der Waals surface area contributed by atoms with Crippen LogP contribution < -0.4 is 9.50 Å². The number of nitrogens with one attached hydrogen (secondary N) is 1. The van der Waals surface area contributed by atoms with Gasteiger partial charge in [-0.1, -0.05) is 25.5 Å². The summed E-state index contributed by atoms with van der Waals surface area (Å²) in [6, 6.07) is 2.90. The van der Waals surface area contributed by atoms with E-state index in [4.69, 9.17) is 9.84 Å². The zero-order valence-corrected chi connectivity index (χ0v) is 15.0. The largest absolute Gasteiger partial charge is 0.534 e. The molecule has 1 amide bonds.